The number of aromatic nitrogens is 2. The Morgan fingerprint density at radius 1 is 1.31 bits per heavy atom. The van der Waals surface area contributed by atoms with Crippen molar-refractivity contribution < 1.29 is 19.1 Å². The predicted octanol–water partition coefficient (Wildman–Crippen LogP) is 0.323. The van der Waals surface area contributed by atoms with Gasteiger partial charge in [0.05, 0.1) is 13.7 Å². The third-order valence-corrected chi connectivity index (χ3v) is 5.08. The third-order valence-electron chi connectivity index (χ3n) is 5.08. The lowest BCUT2D eigenvalue weighted by Crippen LogP contribution is -2.54. The van der Waals surface area contributed by atoms with Gasteiger partial charge in [-0.15, -0.1) is 0 Å². The molecule has 0 aliphatic carbocycles. The summed E-state index contributed by atoms with van der Waals surface area (Å²) in [5.41, 5.74) is 0.255. The van der Waals surface area contributed by atoms with Crippen LogP contribution in [0.1, 0.15) is 27.4 Å². The van der Waals surface area contributed by atoms with Gasteiger partial charge < -0.3 is 19.5 Å². The van der Waals surface area contributed by atoms with Gasteiger partial charge in [-0.05, 0) is 30.5 Å². The summed E-state index contributed by atoms with van der Waals surface area (Å²) in [6.07, 6.45) is 1.73. The maximum atomic E-state index is 12.9. The van der Waals surface area contributed by atoms with Crippen molar-refractivity contribution in [3.8, 4) is 17.6 Å². The number of rotatable bonds is 3. The van der Waals surface area contributed by atoms with E-state index in [-0.39, 0.29) is 12.5 Å². The quantitative estimate of drug-likeness (QED) is 0.577. The number of hydrogen-bond acceptors (Lipinski definition) is 5. The summed E-state index contributed by atoms with van der Waals surface area (Å²) in [6, 6.07) is 4.61. The zero-order chi connectivity index (χ0) is 20.8. The van der Waals surface area contributed by atoms with Gasteiger partial charge in [0, 0.05) is 25.4 Å². The highest BCUT2D eigenvalue weighted by molar-refractivity contribution is 6.10. The van der Waals surface area contributed by atoms with E-state index < -0.39 is 17.5 Å². The van der Waals surface area contributed by atoms with Crippen LogP contribution in [-0.2, 0) is 18.4 Å². The third kappa shape index (κ3) is 3.18. The first-order valence-corrected chi connectivity index (χ1v) is 8.94. The van der Waals surface area contributed by atoms with Crippen LogP contribution in [0.2, 0.25) is 0 Å². The van der Waals surface area contributed by atoms with Crippen molar-refractivity contribution in [2.45, 2.75) is 19.0 Å². The molecule has 148 valence electrons. The standard InChI is InChI=1S/C20H19N5O4/c1-12-21-14(10-24(12)2)6-7-20(18(27)22-19(28)23-20)11-25-9-13-4-5-15(29-3)8-16(13)17(25)26/h4-5,8,10H,9,11H2,1-3H3,(H2,22,23,27,28)/t20-/m1/s1. The average molecular weight is 393 g/mol. The maximum absolute atomic E-state index is 12.9. The van der Waals surface area contributed by atoms with Crippen molar-refractivity contribution >= 4 is 17.8 Å². The summed E-state index contributed by atoms with van der Waals surface area (Å²) < 4.78 is 6.99. The molecule has 1 aromatic carbocycles. The number of carbonyl (C=O) groups excluding carboxylic acids is 3. The molecule has 9 nitrogen and oxygen atoms in total. The highest BCUT2D eigenvalue weighted by Crippen LogP contribution is 2.28. The summed E-state index contributed by atoms with van der Waals surface area (Å²) >= 11 is 0. The Hall–Kier alpha value is -3.80. The molecule has 3 heterocycles. The topological polar surface area (TPSA) is 106 Å². The molecule has 2 aliphatic rings. The van der Waals surface area contributed by atoms with Gasteiger partial charge >= 0.3 is 6.03 Å². The molecule has 1 aromatic heterocycles. The van der Waals surface area contributed by atoms with Crippen LogP contribution in [0.15, 0.2) is 24.4 Å². The molecule has 4 rings (SSSR count). The van der Waals surface area contributed by atoms with E-state index in [0.717, 1.165) is 11.4 Å². The van der Waals surface area contributed by atoms with Crippen LogP contribution in [0.4, 0.5) is 4.79 Å². The second kappa shape index (κ2) is 6.67. The molecular formula is C20H19N5O4. The summed E-state index contributed by atoms with van der Waals surface area (Å²) in [4.78, 5) is 43.1. The van der Waals surface area contributed by atoms with Crippen molar-refractivity contribution in [2.75, 3.05) is 13.7 Å². The van der Waals surface area contributed by atoms with Gasteiger partial charge in [0.2, 0.25) is 5.54 Å². The van der Waals surface area contributed by atoms with E-state index in [0.29, 0.717) is 23.6 Å². The van der Waals surface area contributed by atoms with Crippen LogP contribution in [-0.4, -0.2) is 51.5 Å². The molecule has 0 bridgehead atoms. The molecule has 1 saturated heterocycles. The summed E-state index contributed by atoms with van der Waals surface area (Å²) in [7, 11) is 3.36. The van der Waals surface area contributed by atoms with Gasteiger partial charge in [0.25, 0.3) is 11.8 Å². The number of imide groups is 1. The lowest BCUT2D eigenvalue weighted by molar-refractivity contribution is -0.122. The maximum Gasteiger partial charge on any atom is 0.323 e. The zero-order valence-corrected chi connectivity index (χ0v) is 16.2. The molecule has 29 heavy (non-hydrogen) atoms. The highest BCUT2D eigenvalue weighted by Gasteiger charge is 2.48. The molecule has 1 atom stereocenters. The summed E-state index contributed by atoms with van der Waals surface area (Å²) in [5.74, 6) is 6.19. The number of methoxy groups -OCH3 is 1. The van der Waals surface area contributed by atoms with Gasteiger partial charge in [-0.25, -0.2) is 9.78 Å². The van der Waals surface area contributed by atoms with Crippen molar-refractivity contribution in [2.24, 2.45) is 7.05 Å². The second-order valence-electron chi connectivity index (χ2n) is 7.03. The lowest BCUT2D eigenvalue weighted by atomic mass is 9.99. The van der Waals surface area contributed by atoms with Crippen molar-refractivity contribution in [3.63, 3.8) is 0 Å². The van der Waals surface area contributed by atoms with Gasteiger partial charge in [-0.2, -0.15) is 0 Å². The molecule has 0 radical (unpaired) electrons. The smallest absolute Gasteiger partial charge is 0.323 e. The Bertz CT molecular complexity index is 1090. The number of fused-ring (bicyclic) bond motifs is 1. The number of aryl methyl sites for hydroxylation is 2. The molecule has 2 N–H and O–H groups in total. The minimum absolute atomic E-state index is 0.0841. The van der Waals surface area contributed by atoms with E-state index >= 15 is 0 Å². The molecule has 0 saturated carbocycles. The fourth-order valence-electron chi connectivity index (χ4n) is 3.40. The summed E-state index contributed by atoms with van der Waals surface area (Å²) in [6.45, 7) is 2.06. The van der Waals surface area contributed by atoms with Crippen LogP contribution >= 0.6 is 0 Å². The van der Waals surface area contributed by atoms with E-state index in [4.69, 9.17) is 4.74 Å². The van der Waals surface area contributed by atoms with Crippen LogP contribution in [0.25, 0.3) is 0 Å². The number of imidazole rings is 1. The molecule has 0 spiro atoms. The van der Waals surface area contributed by atoms with Gasteiger partial charge in [0.15, 0.2) is 0 Å². The SMILES string of the molecule is COc1ccc2c(c1)C(=O)N(C[C@@]1(C#Cc3cn(C)c(C)n3)NC(=O)NC1=O)C2. The van der Waals surface area contributed by atoms with Crippen LogP contribution in [0.3, 0.4) is 0 Å². The molecular weight excluding hydrogens is 374 g/mol. The zero-order valence-electron chi connectivity index (χ0n) is 16.2. The van der Waals surface area contributed by atoms with E-state index in [1.807, 2.05) is 20.0 Å². The van der Waals surface area contributed by atoms with E-state index in [9.17, 15) is 14.4 Å². The number of nitrogens with zero attached hydrogens (tertiary/aromatic N) is 3. The van der Waals surface area contributed by atoms with Crippen LogP contribution in [0.5, 0.6) is 5.75 Å². The van der Waals surface area contributed by atoms with E-state index in [1.165, 1.54) is 12.0 Å². The molecule has 9 heteroatoms. The van der Waals surface area contributed by atoms with Crippen LogP contribution in [0, 0.1) is 18.8 Å². The fraction of sp³-hybridized carbons (Fsp3) is 0.300. The van der Waals surface area contributed by atoms with Gasteiger partial charge in [-0.1, -0.05) is 12.0 Å². The minimum Gasteiger partial charge on any atom is -0.497 e. The number of benzene rings is 1. The molecule has 2 aromatic rings. The predicted molar refractivity (Wildman–Crippen MR) is 102 cm³/mol. The first kappa shape index (κ1) is 18.6. The largest absolute Gasteiger partial charge is 0.497 e. The number of carbonyl (C=O) groups is 3. The number of urea groups is 1. The Labute approximate surface area is 167 Å². The fourth-order valence-corrected chi connectivity index (χ4v) is 3.40. The number of amides is 4. The Morgan fingerprint density at radius 3 is 2.72 bits per heavy atom. The Balaban J connectivity index is 1.65. The monoisotopic (exact) mass is 393 g/mol. The summed E-state index contributed by atoms with van der Waals surface area (Å²) in [5, 5.41) is 4.79. The van der Waals surface area contributed by atoms with E-state index in [2.05, 4.69) is 27.5 Å². The average Bonchev–Trinajstić information content (AvgIpc) is 3.27. The molecule has 1 fully saturated rings. The first-order chi connectivity index (χ1) is 13.8. The lowest BCUT2D eigenvalue weighted by Gasteiger charge is -2.26. The van der Waals surface area contributed by atoms with E-state index in [1.54, 1.807) is 22.9 Å². The molecule has 2 aliphatic heterocycles. The van der Waals surface area contributed by atoms with Crippen molar-refractivity contribution in [1.29, 1.82) is 0 Å². The Kier molecular flexibility index (Phi) is 4.27. The highest BCUT2D eigenvalue weighted by atomic mass is 16.5. The van der Waals surface area contributed by atoms with Gasteiger partial charge in [-0.3, -0.25) is 14.9 Å². The second-order valence-corrected chi connectivity index (χ2v) is 7.03. The normalized spacial score (nSPS) is 20.1. The van der Waals surface area contributed by atoms with Gasteiger partial charge in [0.1, 0.15) is 17.3 Å². The number of ether oxygens (including phenoxy) is 1. The van der Waals surface area contributed by atoms with Crippen molar-refractivity contribution in [1.82, 2.24) is 25.1 Å². The number of hydrogen-bond donors (Lipinski definition) is 2. The first-order valence-electron chi connectivity index (χ1n) is 8.94. The van der Waals surface area contributed by atoms with Crippen molar-refractivity contribution in [3.05, 3.63) is 47.0 Å². The number of nitrogens with one attached hydrogen (secondary N) is 2. The Morgan fingerprint density at radius 2 is 2.10 bits per heavy atom. The minimum atomic E-state index is -1.55. The molecule has 4 amide bonds. The molecule has 0 unspecified atom stereocenters. The van der Waals surface area contributed by atoms with Crippen LogP contribution < -0.4 is 15.4 Å².